The first kappa shape index (κ1) is 106. The Kier molecular flexibility index (Phi) is 72.1. The molecule has 0 spiro atoms. The van der Waals surface area contributed by atoms with Crippen molar-refractivity contribution in [2.24, 2.45) is 0 Å². The minimum Gasteiger partial charge on any atom is -1.00 e. The Bertz CT molecular complexity index is 1050. The fraction of sp³-hybridized carbons (Fsp3) is 1.00. The summed E-state index contributed by atoms with van der Waals surface area (Å²) in [6.45, 7) is 56.2. The van der Waals surface area contributed by atoms with Crippen molar-refractivity contribution < 1.29 is 156 Å². The Labute approximate surface area is 484 Å². The van der Waals surface area contributed by atoms with Gasteiger partial charge in [0.2, 0.25) is 29.8 Å². The molecule has 0 aliphatic rings. The molecule has 66 heavy (non-hydrogen) atoms. The molecule has 0 saturated heterocycles. The largest absolute Gasteiger partial charge is 3.00 e. The van der Waals surface area contributed by atoms with Crippen LogP contribution in [0.5, 0.6) is 0 Å². The maximum atomic E-state index is 12.6. The minimum absolute atomic E-state index is 0. The molecule has 0 bridgehead atoms. The molecular weight excluding hydrogens is 1350 g/mol. The van der Waals surface area contributed by atoms with Gasteiger partial charge in [-0.1, -0.05) is 83.1 Å². The van der Waals surface area contributed by atoms with E-state index >= 15 is 0 Å². The average Bonchev–Trinajstić information content (AvgIpc) is 2.83. The Balaban J connectivity index is -0.0000000433. The molecule has 0 aliphatic carbocycles. The van der Waals surface area contributed by atoms with Gasteiger partial charge >= 0.3 is 32.7 Å². The van der Waals surface area contributed by atoms with Crippen LogP contribution in [0.4, 0.5) is 0 Å². The van der Waals surface area contributed by atoms with Crippen LogP contribution in [0.1, 0.15) is 194 Å². The van der Waals surface area contributed by atoms with Crippen molar-refractivity contribution in [3.05, 3.63) is 0 Å². The second-order valence-corrected chi connectivity index (χ2v) is 33.7. The van der Waals surface area contributed by atoms with Crippen molar-refractivity contribution in [3.8, 4) is 0 Å². The normalized spacial score (nSPS) is 11.9. The van der Waals surface area contributed by atoms with Gasteiger partial charge in [-0.2, -0.15) is 0 Å². The zero-order valence-electron chi connectivity index (χ0n) is 47.1. The van der Waals surface area contributed by atoms with E-state index in [2.05, 4.69) is 40.7 Å². The van der Waals surface area contributed by atoms with E-state index in [1.807, 2.05) is 194 Å². The van der Waals surface area contributed by atoms with Gasteiger partial charge in [-0.15, -0.1) is 0 Å². The molecule has 0 atom stereocenters. The Morgan fingerprint density at radius 2 is 0.318 bits per heavy atom. The van der Waals surface area contributed by atoms with Crippen molar-refractivity contribution >= 4 is 29.8 Å². The third-order valence-corrected chi connectivity index (χ3v) is 21.9. The second kappa shape index (κ2) is 44.9. The number of rotatable bonds is 16. The predicted molar refractivity (Wildman–Crippen MR) is 284 cm³/mol. The molecule has 0 saturated carbocycles. The van der Waals surface area contributed by atoms with Gasteiger partial charge in [-0.05, 0) is 111 Å². The number of nitrogens with one attached hydrogen (secondary N) is 8. The first-order valence-electron chi connectivity index (χ1n) is 21.0. The molecule has 26 heteroatoms. The van der Waals surface area contributed by atoms with E-state index in [9.17, 15) is 18.3 Å². The summed E-state index contributed by atoms with van der Waals surface area (Å²) < 4.78 is 50.5. The maximum absolute atomic E-state index is 12.6. The van der Waals surface area contributed by atoms with Crippen LogP contribution in [0.15, 0.2) is 0 Å². The van der Waals surface area contributed by atoms with Gasteiger partial charge in [0.1, 0.15) is 0 Å². The van der Waals surface area contributed by atoms with E-state index in [1.54, 1.807) is 0 Å². The molecule has 0 aliphatic heterocycles. The molecule has 0 rings (SSSR count). The summed E-state index contributed by atoms with van der Waals surface area (Å²) in [6, 6.07) is 1.82. The SMILES string of the molecule is CC(C)NP(=O)(NC(C)C)C(C)(C)C.CC(C)NP(=O)(NC(C)C)C(C)(C)C.CC(C)NP(=O)(NC(C)C)C(C)(C)C.CC(C)NP(=O)(NC(C)C)C(C)(C)C.O.[I-].[I-].[I-].[OH3+].[OH3+].[OH3+].[OH3+].[OH3+].[Y+3]. The van der Waals surface area contributed by atoms with Gasteiger partial charge in [0.15, 0.2) is 0 Å². The summed E-state index contributed by atoms with van der Waals surface area (Å²) in [7, 11) is -10.1. The maximum Gasteiger partial charge on any atom is 3.00 e. The monoisotopic (exact) mass is 1460 g/mol. The van der Waals surface area contributed by atoms with Crippen LogP contribution in [-0.2, 0) is 78.4 Å². The quantitative estimate of drug-likeness (QED) is 0.0451. The molecule has 0 unspecified atom stereocenters. The Hall–Kier alpha value is 3.65. The molecule has 0 radical (unpaired) electrons. The first-order valence-corrected chi connectivity index (χ1v) is 27.8. The molecule has 0 amide bonds. The molecule has 0 heterocycles. The summed E-state index contributed by atoms with van der Waals surface area (Å²) in [4.78, 5) is 0. The molecule has 0 fully saturated rings. The van der Waals surface area contributed by atoms with Crippen molar-refractivity contribution in [1.29, 1.82) is 0 Å². The van der Waals surface area contributed by atoms with Crippen molar-refractivity contribution in [3.63, 3.8) is 0 Å². The fourth-order valence-corrected chi connectivity index (χ4v) is 13.8. The summed E-state index contributed by atoms with van der Waals surface area (Å²) >= 11 is 0. The Morgan fingerprint density at radius 3 is 0.348 bits per heavy atom. The van der Waals surface area contributed by atoms with E-state index in [-0.39, 0.29) is 206 Å². The third-order valence-electron chi connectivity index (χ3n) is 7.30. The molecular formula is C40H117I3N8O10P4Y+5. The topological polar surface area (TPSA) is 361 Å². The summed E-state index contributed by atoms with van der Waals surface area (Å²) in [5.41, 5.74) is 0. The minimum atomic E-state index is -2.52. The molecule has 25 N–H and O–H groups in total. The van der Waals surface area contributed by atoms with Crippen LogP contribution >= 0.6 is 29.8 Å². The van der Waals surface area contributed by atoms with E-state index < -0.39 is 29.8 Å². The smallest absolute Gasteiger partial charge is 1.00 e. The number of halogens is 3. The fourth-order valence-electron chi connectivity index (χ4n) is 4.61. The van der Waals surface area contributed by atoms with Gasteiger partial charge in [-0.25, -0.2) is 0 Å². The van der Waals surface area contributed by atoms with Crippen LogP contribution in [0.25, 0.3) is 0 Å². The molecule has 0 aromatic heterocycles. The van der Waals surface area contributed by atoms with Crippen LogP contribution in [0, 0.1) is 0 Å². The van der Waals surface area contributed by atoms with Crippen molar-refractivity contribution in [2.45, 2.75) is 263 Å². The standard InChI is InChI=1S/4C10H25N2OP.3HI.6H2O.Y/c4*1-8(2)11-14(13,10(5,6)7)12-9(3)4;;;;;;;;;;/h4*8-9H,1-7H3,(H2,11,12,13);3*1H;6*1H2;/q;;;;;;;;;;;;;+3/p+2. The van der Waals surface area contributed by atoms with E-state index in [1.165, 1.54) is 0 Å². The number of hydrogen-bond acceptors (Lipinski definition) is 4. The molecule has 18 nitrogen and oxygen atoms in total. The summed E-state index contributed by atoms with van der Waals surface area (Å²) in [5, 5.41) is 24.4. The number of hydrogen-bond donors (Lipinski definition) is 8. The Morgan fingerprint density at radius 1 is 0.258 bits per heavy atom. The van der Waals surface area contributed by atoms with Crippen LogP contribution in [0.2, 0.25) is 0 Å². The summed E-state index contributed by atoms with van der Waals surface area (Å²) in [6.07, 6.45) is 0. The molecule has 0 aromatic rings. The second-order valence-electron chi connectivity index (χ2n) is 21.4. The van der Waals surface area contributed by atoms with Crippen LogP contribution < -0.4 is 113 Å². The molecule has 416 valence electrons. The zero-order chi connectivity index (χ0) is 46.3. The first-order chi connectivity index (χ1) is 24.3. The van der Waals surface area contributed by atoms with Gasteiger partial charge in [-0.3, -0.25) is 59.0 Å². The van der Waals surface area contributed by atoms with Gasteiger partial charge < -0.3 is 105 Å². The van der Waals surface area contributed by atoms with E-state index in [0.717, 1.165) is 0 Å². The van der Waals surface area contributed by atoms with E-state index in [4.69, 9.17) is 0 Å². The zero-order valence-corrected chi connectivity index (χ0v) is 60.0. The van der Waals surface area contributed by atoms with Gasteiger partial charge in [0.25, 0.3) is 0 Å². The van der Waals surface area contributed by atoms with Gasteiger partial charge in [0.05, 0.1) is 0 Å². The van der Waals surface area contributed by atoms with E-state index in [0.29, 0.717) is 0 Å². The summed E-state index contributed by atoms with van der Waals surface area (Å²) in [5.74, 6) is 0. The average molecular weight is 1460 g/mol. The van der Waals surface area contributed by atoms with Crippen LogP contribution in [-0.4, -0.2) is 74.4 Å². The van der Waals surface area contributed by atoms with Crippen molar-refractivity contribution in [2.75, 3.05) is 0 Å². The van der Waals surface area contributed by atoms with Crippen LogP contribution in [0.3, 0.4) is 0 Å². The van der Waals surface area contributed by atoms with Crippen molar-refractivity contribution in [1.82, 2.24) is 40.7 Å². The molecule has 0 aromatic carbocycles. The predicted octanol–water partition coefficient (Wildman–Crippen LogP) is -2.53. The van der Waals surface area contributed by atoms with Gasteiger partial charge in [0, 0.05) is 69.0 Å². The third kappa shape index (κ3) is 47.4.